The minimum Gasteiger partial charge on any atom is -0.320 e. The monoisotopic (exact) mass is 314 g/mol. The van der Waals surface area contributed by atoms with E-state index in [0.717, 1.165) is 16.7 Å². The summed E-state index contributed by atoms with van der Waals surface area (Å²) in [5.41, 5.74) is -2.95. The molecule has 1 N–H and O–H groups in total. The van der Waals surface area contributed by atoms with Gasteiger partial charge in [-0.25, -0.2) is 0 Å². The molecule has 2 nitrogen and oxygen atoms in total. The lowest BCUT2D eigenvalue weighted by molar-refractivity contribution is -0.140. The molecular weight excluding hydrogens is 306 g/mol. The third kappa shape index (κ3) is 2.87. The van der Waals surface area contributed by atoms with Crippen molar-refractivity contribution >= 4 is 22.6 Å². The summed E-state index contributed by atoms with van der Waals surface area (Å²) in [6.07, 6.45) is -9.50. The average molecular weight is 314 g/mol. The number of nitrogens with one attached hydrogen (secondary N) is 1. The molecule has 1 aromatic carbocycles. The predicted octanol–water partition coefficient (Wildman–Crippen LogP) is 4.21. The van der Waals surface area contributed by atoms with Crippen LogP contribution in [0.15, 0.2) is 18.2 Å². The standard InChI is InChI=1S/C11H8F6N2S/c12-10(13,14)6-1-2-7(11(15,16)17)8(5-6)19-3-4-20-9(19)18/h1-2,5,18H,3-4H2. The summed E-state index contributed by atoms with van der Waals surface area (Å²) in [5.74, 6) is 0.367. The first-order valence-corrected chi connectivity index (χ1v) is 6.36. The van der Waals surface area contributed by atoms with Crippen LogP contribution in [0.25, 0.3) is 0 Å². The van der Waals surface area contributed by atoms with Gasteiger partial charge in [0.25, 0.3) is 0 Å². The molecule has 1 heterocycles. The normalized spacial score (nSPS) is 16.9. The number of hydrogen-bond donors (Lipinski definition) is 1. The van der Waals surface area contributed by atoms with Crippen LogP contribution in [-0.4, -0.2) is 17.5 Å². The minimum atomic E-state index is -4.77. The molecule has 110 valence electrons. The molecular formula is C11H8F6N2S. The summed E-state index contributed by atoms with van der Waals surface area (Å²) in [4.78, 5) is 0.947. The van der Waals surface area contributed by atoms with Crippen molar-refractivity contribution in [2.24, 2.45) is 0 Å². The first kappa shape index (κ1) is 15.0. The lowest BCUT2D eigenvalue weighted by Crippen LogP contribution is -2.26. The van der Waals surface area contributed by atoms with Gasteiger partial charge in [0.2, 0.25) is 0 Å². The Balaban J connectivity index is 2.57. The Morgan fingerprint density at radius 1 is 1.05 bits per heavy atom. The number of anilines is 1. The van der Waals surface area contributed by atoms with Crippen molar-refractivity contribution in [1.82, 2.24) is 0 Å². The van der Waals surface area contributed by atoms with Gasteiger partial charge in [-0.1, -0.05) is 11.8 Å². The molecule has 0 bridgehead atoms. The number of amidine groups is 1. The van der Waals surface area contributed by atoms with Gasteiger partial charge >= 0.3 is 12.4 Å². The highest BCUT2D eigenvalue weighted by molar-refractivity contribution is 8.14. The van der Waals surface area contributed by atoms with E-state index in [0.29, 0.717) is 24.0 Å². The predicted molar refractivity (Wildman–Crippen MR) is 64.0 cm³/mol. The molecule has 9 heteroatoms. The van der Waals surface area contributed by atoms with E-state index in [1.54, 1.807) is 0 Å². The van der Waals surface area contributed by atoms with Crippen molar-refractivity contribution in [3.05, 3.63) is 29.3 Å². The van der Waals surface area contributed by atoms with E-state index in [9.17, 15) is 26.3 Å². The van der Waals surface area contributed by atoms with Crippen molar-refractivity contribution in [3.63, 3.8) is 0 Å². The van der Waals surface area contributed by atoms with Gasteiger partial charge in [0.05, 0.1) is 16.8 Å². The highest BCUT2D eigenvalue weighted by Gasteiger charge is 2.39. The molecule has 0 spiro atoms. The van der Waals surface area contributed by atoms with Gasteiger partial charge in [-0.3, -0.25) is 5.41 Å². The molecule has 1 aromatic rings. The van der Waals surface area contributed by atoms with E-state index < -0.39 is 29.2 Å². The molecule has 0 unspecified atom stereocenters. The van der Waals surface area contributed by atoms with E-state index in [1.807, 2.05) is 0 Å². The lowest BCUT2D eigenvalue weighted by atomic mass is 10.1. The fourth-order valence-corrected chi connectivity index (χ4v) is 2.63. The van der Waals surface area contributed by atoms with Crippen molar-refractivity contribution in [2.75, 3.05) is 17.2 Å². The zero-order valence-electron chi connectivity index (χ0n) is 9.77. The van der Waals surface area contributed by atoms with Crippen LogP contribution >= 0.6 is 11.8 Å². The van der Waals surface area contributed by atoms with Crippen LogP contribution in [0, 0.1) is 5.41 Å². The van der Waals surface area contributed by atoms with Gasteiger partial charge in [-0.2, -0.15) is 26.3 Å². The Morgan fingerprint density at radius 3 is 2.15 bits per heavy atom. The maximum atomic E-state index is 12.9. The third-order valence-electron chi connectivity index (χ3n) is 2.72. The molecule has 0 amide bonds. The van der Waals surface area contributed by atoms with Gasteiger partial charge in [-0.15, -0.1) is 0 Å². The molecule has 0 atom stereocenters. The van der Waals surface area contributed by atoms with E-state index in [-0.39, 0.29) is 11.7 Å². The van der Waals surface area contributed by atoms with Crippen LogP contribution in [-0.2, 0) is 12.4 Å². The molecule has 0 aliphatic carbocycles. The Kier molecular flexibility index (Phi) is 3.66. The fraction of sp³-hybridized carbons (Fsp3) is 0.364. The second-order valence-electron chi connectivity index (χ2n) is 4.03. The van der Waals surface area contributed by atoms with Gasteiger partial charge < -0.3 is 4.90 Å². The van der Waals surface area contributed by atoms with E-state index in [1.165, 1.54) is 0 Å². The largest absolute Gasteiger partial charge is 0.418 e. The molecule has 20 heavy (non-hydrogen) atoms. The molecule has 1 saturated heterocycles. The molecule has 2 rings (SSSR count). The van der Waals surface area contributed by atoms with E-state index >= 15 is 0 Å². The van der Waals surface area contributed by atoms with Crippen molar-refractivity contribution < 1.29 is 26.3 Å². The van der Waals surface area contributed by atoms with Crippen LogP contribution in [0.4, 0.5) is 32.0 Å². The first-order chi connectivity index (χ1) is 9.10. The molecule has 1 aliphatic rings. The van der Waals surface area contributed by atoms with Crippen LogP contribution in [0.5, 0.6) is 0 Å². The topological polar surface area (TPSA) is 27.1 Å². The number of alkyl halides is 6. The van der Waals surface area contributed by atoms with E-state index in [4.69, 9.17) is 5.41 Å². The second-order valence-corrected chi connectivity index (χ2v) is 5.12. The van der Waals surface area contributed by atoms with Gasteiger partial charge in [0.1, 0.15) is 0 Å². The molecule has 1 aliphatic heterocycles. The Bertz CT molecular complexity index is 537. The third-order valence-corrected chi connectivity index (χ3v) is 3.60. The Morgan fingerprint density at radius 2 is 1.70 bits per heavy atom. The Hall–Kier alpha value is -1.38. The number of nitrogens with zero attached hydrogens (tertiary/aromatic N) is 1. The smallest absolute Gasteiger partial charge is 0.320 e. The number of benzene rings is 1. The lowest BCUT2D eigenvalue weighted by Gasteiger charge is -2.23. The molecule has 1 fully saturated rings. The SMILES string of the molecule is N=C1SCCN1c1cc(C(F)(F)F)ccc1C(F)(F)F. The summed E-state index contributed by atoms with van der Waals surface area (Å²) in [6.45, 7) is 0.0773. The zero-order chi connectivity index (χ0) is 15.1. The van der Waals surface area contributed by atoms with Crippen LogP contribution in [0.3, 0.4) is 0 Å². The first-order valence-electron chi connectivity index (χ1n) is 5.38. The summed E-state index contributed by atoms with van der Waals surface area (Å²) in [5, 5.41) is 7.33. The number of rotatable bonds is 1. The van der Waals surface area contributed by atoms with Crippen molar-refractivity contribution in [3.8, 4) is 0 Å². The minimum absolute atomic E-state index is 0.0773. The molecule has 0 aromatic heterocycles. The van der Waals surface area contributed by atoms with Crippen LogP contribution in [0.2, 0.25) is 0 Å². The zero-order valence-corrected chi connectivity index (χ0v) is 10.6. The highest BCUT2D eigenvalue weighted by Crippen LogP contribution is 2.41. The summed E-state index contributed by atoms with van der Waals surface area (Å²) in [7, 11) is 0. The van der Waals surface area contributed by atoms with E-state index in [2.05, 4.69) is 0 Å². The number of hydrogen-bond acceptors (Lipinski definition) is 2. The fourth-order valence-electron chi connectivity index (χ4n) is 1.81. The average Bonchev–Trinajstić information content (AvgIpc) is 2.72. The second kappa shape index (κ2) is 4.87. The number of halogens is 6. The summed E-state index contributed by atoms with van der Waals surface area (Å²) in [6, 6.07) is 1.26. The van der Waals surface area contributed by atoms with Crippen molar-refractivity contribution in [2.45, 2.75) is 12.4 Å². The summed E-state index contributed by atoms with van der Waals surface area (Å²) < 4.78 is 76.5. The summed E-state index contributed by atoms with van der Waals surface area (Å²) >= 11 is 0.994. The molecule has 0 saturated carbocycles. The van der Waals surface area contributed by atoms with Gasteiger partial charge in [0.15, 0.2) is 5.17 Å². The van der Waals surface area contributed by atoms with Crippen LogP contribution < -0.4 is 4.90 Å². The quantitative estimate of drug-likeness (QED) is 0.786. The highest BCUT2D eigenvalue weighted by atomic mass is 32.2. The van der Waals surface area contributed by atoms with Crippen LogP contribution in [0.1, 0.15) is 11.1 Å². The maximum Gasteiger partial charge on any atom is 0.418 e. The Labute approximate surface area is 114 Å². The van der Waals surface area contributed by atoms with Gasteiger partial charge in [-0.05, 0) is 18.2 Å². The molecule has 0 radical (unpaired) electrons. The van der Waals surface area contributed by atoms with Gasteiger partial charge in [0, 0.05) is 12.3 Å². The van der Waals surface area contributed by atoms with Crippen molar-refractivity contribution in [1.29, 1.82) is 5.41 Å². The number of thioether (sulfide) groups is 1. The maximum absolute atomic E-state index is 12.9.